The summed E-state index contributed by atoms with van der Waals surface area (Å²) in [4.78, 5) is 13.2. The van der Waals surface area contributed by atoms with Gasteiger partial charge >= 0.3 is 5.97 Å². The smallest absolute Gasteiger partial charge is 0.337 e. The minimum absolute atomic E-state index is 0.317. The van der Waals surface area contributed by atoms with Crippen LogP contribution in [0.15, 0.2) is 30.6 Å². The highest BCUT2D eigenvalue weighted by molar-refractivity contribution is 5.94. The van der Waals surface area contributed by atoms with Gasteiger partial charge < -0.3 is 10.0 Å². The Labute approximate surface area is 112 Å². The number of hydrogen-bond acceptors (Lipinski definition) is 3. The van der Waals surface area contributed by atoms with Crippen LogP contribution in [0.5, 0.6) is 0 Å². The predicted octanol–water partition coefficient (Wildman–Crippen LogP) is 2.06. The molecule has 0 atom stereocenters. The highest BCUT2D eigenvalue weighted by Gasteiger charge is 2.14. The van der Waals surface area contributed by atoms with Gasteiger partial charge in [-0.1, -0.05) is 6.07 Å². The summed E-state index contributed by atoms with van der Waals surface area (Å²) in [6.45, 7) is 2.57. The van der Waals surface area contributed by atoms with E-state index in [-0.39, 0.29) is 0 Å². The lowest BCUT2D eigenvalue weighted by atomic mass is 10.1. The molecule has 0 fully saturated rings. The van der Waals surface area contributed by atoms with Crippen LogP contribution in [0.4, 0.5) is 5.69 Å². The molecule has 0 radical (unpaired) electrons. The van der Waals surface area contributed by atoms with E-state index in [1.165, 1.54) is 0 Å². The summed E-state index contributed by atoms with van der Waals surface area (Å²) in [6, 6.07) is 5.34. The fourth-order valence-electron chi connectivity index (χ4n) is 2.05. The summed E-state index contributed by atoms with van der Waals surface area (Å²) in [5.74, 6) is -0.909. The fraction of sp³-hybridized carbons (Fsp3) is 0.286. The van der Waals surface area contributed by atoms with E-state index in [0.29, 0.717) is 12.1 Å². The van der Waals surface area contributed by atoms with Crippen LogP contribution in [0.25, 0.3) is 0 Å². The summed E-state index contributed by atoms with van der Waals surface area (Å²) >= 11 is 0. The van der Waals surface area contributed by atoms with Crippen molar-refractivity contribution in [2.75, 3.05) is 11.9 Å². The van der Waals surface area contributed by atoms with E-state index in [1.807, 2.05) is 44.2 Å². The largest absolute Gasteiger partial charge is 0.478 e. The first-order valence-corrected chi connectivity index (χ1v) is 6.00. The Morgan fingerprint density at radius 2 is 2.21 bits per heavy atom. The number of carbonyl (C=O) groups is 1. The topological polar surface area (TPSA) is 58.4 Å². The normalized spacial score (nSPS) is 10.5. The van der Waals surface area contributed by atoms with E-state index in [1.54, 1.807) is 16.9 Å². The van der Waals surface area contributed by atoms with Gasteiger partial charge in [0.1, 0.15) is 0 Å². The molecular formula is C14H17N3O2. The Bertz CT molecular complexity index is 604. The number of aryl methyl sites for hydroxylation is 2. The summed E-state index contributed by atoms with van der Waals surface area (Å²) in [6.07, 6.45) is 3.71. The Balaban J connectivity index is 2.29. The molecule has 0 aliphatic carbocycles. The van der Waals surface area contributed by atoms with Crippen molar-refractivity contribution in [2.24, 2.45) is 7.05 Å². The molecule has 0 aliphatic heterocycles. The molecule has 0 bridgehead atoms. The van der Waals surface area contributed by atoms with Crippen LogP contribution in [-0.4, -0.2) is 27.9 Å². The number of anilines is 1. The van der Waals surface area contributed by atoms with Crippen LogP contribution < -0.4 is 4.90 Å². The lowest BCUT2D eigenvalue weighted by Crippen LogP contribution is -2.19. The number of hydrogen-bond donors (Lipinski definition) is 1. The van der Waals surface area contributed by atoms with Crippen molar-refractivity contribution >= 4 is 11.7 Å². The third kappa shape index (κ3) is 2.93. The minimum Gasteiger partial charge on any atom is -0.478 e. The number of rotatable bonds is 4. The van der Waals surface area contributed by atoms with E-state index in [0.717, 1.165) is 16.8 Å². The Hall–Kier alpha value is -2.30. The van der Waals surface area contributed by atoms with E-state index >= 15 is 0 Å². The Kier molecular flexibility index (Phi) is 3.55. The van der Waals surface area contributed by atoms with Crippen molar-refractivity contribution in [3.05, 3.63) is 47.3 Å². The van der Waals surface area contributed by atoms with Gasteiger partial charge in [0.2, 0.25) is 0 Å². The van der Waals surface area contributed by atoms with Crippen LogP contribution in [0.1, 0.15) is 21.5 Å². The molecule has 1 aromatic heterocycles. The molecule has 5 nitrogen and oxygen atoms in total. The Morgan fingerprint density at radius 3 is 2.79 bits per heavy atom. The fourth-order valence-corrected chi connectivity index (χ4v) is 2.05. The lowest BCUT2D eigenvalue weighted by molar-refractivity contribution is 0.0697. The molecule has 0 saturated carbocycles. The zero-order chi connectivity index (χ0) is 14.0. The van der Waals surface area contributed by atoms with E-state index in [2.05, 4.69) is 5.10 Å². The SMILES string of the molecule is Cc1ccc(C(=O)O)c(N(C)Cc2cnn(C)c2)c1. The van der Waals surface area contributed by atoms with Gasteiger partial charge in [0.05, 0.1) is 17.4 Å². The average Bonchev–Trinajstić information content (AvgIpc) is 2.74. The number of carboxylic acid groups (broad SMARTS) is 1. The van der Waals surface area contributed by atoms with E-state index < -0.39 is 5.97 Å². The van der Waals surface area contributed by atoms with Gasteiger partial charge in [-0.3, -0.25) is 4.68 Å². The van der Waals surface area contributed by atoms with Gasteiger partial charge in [0.25, 0.3) is 0 Å². The molecule has 0 amide bonds. The van der Waals surface area contributed by atoms with Crippen molar-refractivity contribution in [2.45, 2.75) is 13.5 Å². The second kappa shape index (κ2) is 5.14. The maximum Gasteiger partial charge on any atom is 0.337 e. The average molecular weight is 259 g/mol. The maximum absolute atomic E-state index is 11.3. The quantitative estimate of drug-likeness (QED) is 0.913. The van der Waals surface area contributed by atoms with Crippen molar-refractivity contribution in [1.82, 2.24) is 9.78 Å². The molecule has 2 aromatic rings. The molecule has 2 rings (SSSR count). The van der Waals surface area contributed by atoms with Crippen LogP contribution in [0.3, 0.4) is 0 Å². The highest BCUT2D eigenvalue weighted by atomic mass is 16.4. The van der Waals surface area contributed by atoms with Gasteiger partial charge in [0.15, 0.2) is 0 Å². The first-order valence-electron chi connectivity index (χ1n) is 6.00. The van der Waals surface area contributed by atoms with E-state index in [9.17, 15) is 9.90 Å². The molecule has 0 aliphatic rings. The molecule has 0 spiro atoms. The number of aromatic nitrogens is 2. The summed E-state index contributed by atoms with van der Waals surface area (Å²) in [7, 11) is 3.74. The third-order valence-electron chi connectivity index (χ3n) is 2.97. The lowest BCUT2D eigenvalue weighted by Gasteiger charge is -2.21. The van der Waals surface area contributed by atoms with Crippen LogP contribution in [0.2, 0.25) is 0 Å². The first-order chi connectivity index (χ1) is 8.97. The van der Waals surface area contributed by atoms with Gasteiger partial charge in [-0.25, -0.2) is 4.79 Å². The standard InChI is InChI=1S/C14H17N3O2/c1-10-4-5-12(14(18)19)13(6-10)16(2)8-11-7-15-17(3)9-11/h4-7,9H,8H2,1-3H3,(H,18,19). The van der Waals surface area contributed by atoms with Crippen molar-refractivity contribution < 1.29 is 9.90 Å². The van der Waals surface area contributed by atoms with E-state index in [4.69, 9.17) is 0 Å². The molecular weight excluding hydrogens is 242 g/mol. The van der Waals surface area contributed by atoms with Gasteiger partial charge in [-0.15, -0.1) is 0 Å². The van der Waals surface area contributed by atoms with Crippen LogP contribution in [0, 0.1) is 6.92 Å². The number of carboxylic acids is 1. The van der Waals surface area contributed by atoms with Crippen molar-refractivity contribution in [3.63, 3.8) is 0 Å². The van der Waals surface area contributed by atoms with Crippen molar-refractivity contribution in [1.29, 1.82) is 0 Å². The molecule has 1 heterocycles. The molecule has 1 N–H and O–H groups in total. The molecule has 1 aromatic carbocycles. The monoisotopic (exact) mass is 259 g/mol. The molecule has 19 heavy (non-hydrogen) atoms. The van der Waals surface area contributed by atoms with Crippen LogP contribution >= 0.6 is 0 Å². The second-order valence-corrected chi connectivity index (χ2v) is 4.70. The van der Waals surface area contributed by atoms with Crippen LogP contribution in [-0.2, 0) is 13.6 Å². The predicted molar refractivity (Wildman–Crippen MR) is 73.5 cm³/mol. The molecule has 0 saturated heterocycles. The van der Waals surface area contributed by atoms with Gasteiger partial charge in [-0.2, -0.15) is 5.10 Å². The number of nitrogens with zero attached hydrogens (tertiary/aromatic N) is 3. The summed E-state index contributed by atoms with van der Waals surface area (Å²) < 4.78 is 1.73. The molecule has 0 unspecified atom stereocenters. The molecule has 5 heteroatoms. The number of aromatic carboxylic acids is 1. The van der Waals surface area contributed by atoms with Crippen molar-refractivity contribution in [3.8, 4) is 0 Å². The highest BCUT2D eigenvalue weighted by Crippen LogP contribution is 2.22. The second-order valence-electron chi connectivity index (χ2n) is 4.70. The van der Waals surface area contributed by atoms with Gasteiger partial charge in [-0.05, 0) is 24.6 Å². The summed E-state index contributed by atoms with van der Waals surface area (Å²) in [5.41, 5.74) is 3.12. The first kappa shape index (κ1) is 13.1. The zero-order valence-electron chi connectivity index (χ0n) is 11.3. The minimum atomic E-state index is -0.909. The summed E-state index contributed by atoms with van der Waals surface area (Å²) in [5, 5.41) is 13.3. The maximum atomic E-state index is 11.3. The Morgan fingerprint density at radius 1 is 1.47 bits per heavy atom. The molecule has 100 valence electrons. The van der Waals surface area contributed by atoms with Gasteiger partial charge in [0, 0.05) is 32.4 Å². The third-order valence-corrected chi connectivity index (χ3v) is 2.97. The zero-order valence-corrected chi connectivity index (χ0v) is 11.3. The number of benzene rings is 1.